The molecule has 106 valence electrons. The van der Waals surface area contributed by atoms with Crippen molar-refractivity contribution in [1.29, 1.82) is 5.26 Å². The molecule has 2 heterocycles. The summed E-state index contributed by atoms with van der Waals surface area (Å²) in [7, 11) is 0. The molecule has 4 nitrogen and oxygen atoms in total. The van der Waals surface area contributed by atoms with E-state index < -0.39 is 0 Å². The van der Waals surface area contributed by atoms with Gasteiger partial charge in [0.25, 0.3) is 0 Å². The van der Waals surface area contributed by atoms with Crippen LogP contribution in [0.25, 0.3) is 0 Å². The summed E-state index contributed by atoms with van der Waals surface area (Å²) in [4.78, 5) is 2.26. The Hall–Kier alpha value is -2.45. The molecule has 0 amide bonds. The number of fused-ring (bicyclic) bond motifs is 1. The van der Waals surface area contributed by atoms with Crippen LogP contribution >= 0.6 is 11.3 Å². The van der Waals surface area contributed by atoms with Crippen LogP contribution in [-0.2, 0) is 0 Å². The highest BCUT2D eigenvalue weighted by atomic mass is 32.1. The minimum atomic E-state index is -0.384. The molecule has 3 N–H and O–H groups in total. The molecule has 0 radical (unpaired) electrons. The first-order valence-electron chi connectivity index (χ1n) is 6.49. The number of phenolic OH excluding ortho intramolecular Hbond substituents is 1. The van der Waals surface area contributed by atoms with Crippen LogP contribution in [0.15, 0.2) is 35.7 Å². The van der Waals surface area contributed by atoms with Gasteiger partial charge in [-0.15, -0.1) is 11.3 Å². The van der Waals surface area contributed by atoms with Gasteiger partial charge >= 0.3 is 0 Å². The maximum atomic E-state index is 10.2. The van der Waals surface area contributed by atoms with E-state index in [0.717, 1.165) is 15.3 Å². The van der Waals surface area contributed by atoms with Crippen LogP contribution in [0.4, 0.5) is 0 Å². The van der Waals surface area contributed by atoms with Crippen molar-refractivity contribution in [3.05, 3.63) is 56.6 Å². The van der Waals surface area contributed by atoms with Gasteiger partial charge in [-0.1, -0.05) is 6.07 Å². The molecule has 3 rings (SSSR count). The largest absolute Gasteiger partial charge is 0.507 e. The second-order valence-electron chi connectivity index (χ2n) is 4.98. The third-order valence-electron chi connectivity index (χ3n) is 3.62. The minimum absolute atomic E-state index is 0.101. The van der Waals surface area contributed by atoms with Crippen molar-refractivity contribution < 1.29 is 9.84 Å². The summed E-state index contributed by atoms with van der Waals surface area (Å²) in [6, 6.07) is 9.21. The molecule has 1 unspecified atom stereocenters. The number of aryl methyl sites for hydroxylation is 2. The van der Waals surface area contributed by atoms with Crippen molar-refractivity contribution in [1.82, 2.24) is 0 Å². The SMILES string of the molecule is Cc1cc(C2C(C#N)=C(N)Oc3cccc(O)c32)c(C)s1. The quantitative estimate of drug-likeness (QED) is 0.846. The molecule has 1 atom stereocenters. The molecule has 2 aromatic rings. The van der Waals surface area contributed by atoms with E-state index in [4.69, 9.17) is 10.5 Å². The minimum Gasteiger partial charge on any atom is -0.507 e. The van der Waals surface area contributed by atoms with Crippen molar-refractivity contribution in [3.63, 3.8) is 0 Å². The molecule has 0 fully saturated rings. The Labute approximate surface area is 126 Å². The van der Waals surface area contributed by atoms with Gasteiger partial charge in [0.2, 0.25) is 5.88 Å². The Morgan fingerprint density at radius 1 is 1.38 bits per heavy atom. The van der Waals surface area contributed by atoms with E-state index in [1.165, 1.54) is 0 Å². The van der Waals surface area contributed by atoms with Crippen molar-refractivity contribution in [2.75, 3.05) is 0 Å². The lowest BCUT2D eigenvalue weighted by atomic mass is 9.83. The summed E-state index contributed by atoms with van der Waals surface area (Å²) in [5.41, 5.74) is 7.82. The first-order valence-corrected chi connectivity index (χ1v) is 7.31. The zero-order valence-electron chi connectivity index (χ0n) is 11.7. The number of hydrogen-bond donors (Lipinski definition) is 2. The maximum Gasteiger partial charge on any atom is 0.205 e. The number of phenols is 1. The van der Waals surface area contributed by atoms with Crippen molar-refractivity contribution in [2.24, 2.45) is 5.73 Å². The summed E-state index contributed by atoms with van der Waals surface area (Å²) in [5, 5.41) is 19.7. The van der Waals surface area contributed by atoms with E-state index in [-0.39, 0.29) is 17.6 Å². The molecule has 1 aromatic heterocycles. The van der Waals surface area contributed by atoms with Crippen LogP contribution in [0.5, 0.6) is 11.5 Å². The van der Waals surface area contributed by atoms with Gasteiger partial charge in [-0.05, 0) is 37.6 Å². The normalized spacial score (nSPS) is 17.1. The van der Waals surface area contributed by atoms with Gasteiger partial charge in [0.15, 0.2) is 0 Å². The van der Waals surface area contributed by atoms with Crippen LogP contribution < -0.4 is 10.5 Å². The van der Waals surface area contributed by atoms with Crippen LogP contribution in [-0.4, -0.2) is 5.11 Å². The fourth-order valence-corrected chi connectivity index (χ4v) is 3.70. The molecule has 1 aliphatic rings. The highest BCUT2D eigenvalue weighted by Gasteiger charge is 2.34. The number of aromatic hydroxyl groups is 1. The van der Waals surface area contributed by atoms with Crippen molar-refractivity contribution in [3.8, 4) is 17.6 Å². The number of rotatable bonds is 1. The zero-order chi connectivity index (χ0) is 15.1. The van der Waals surface area contributed by atoms with Crippen LogP contribution in [0.3, 0.4) is 0 Å². The molecule has 21 heavy (non-hydrogen) atoms. The lowest BCUT2D eigenvalue weighted by Crippen LogP contribution is -2.21. The van der Waals surface area contributed by atoms with Gasteiger partial charge in [0.05, 0.1) is 5.92 Å². The number of thiophene rings is 1. The van der Waals surface area contributed by atoms with Crippen LogP contribution in [0.1, 0.15) is 26.8 Å². The number of nitriles is 1. The number of allylic oxidation sites excluding steroid dienone is 1. The monoisotopic (exact) mass is 298 g/mol. The third-order valence-corrected chi connectivity index (χ3v) is 4.60. The molecule has 1 aromatic carbocycles. The fourth-order valence-electron chi connectivity index (χ4n) is 2.74. The second kappa shape index (κ2) is 4.83. The Kier molecular flexibility index (Phi) is 3.11. The average molecular weight is 298 g/mol. The van der Waals surface area contributed by atoms with Crippen LogP contribution in [0.2, 0.25) is 0 Å². The Morgan fingerprint density at radius 3 is 2.76 bits per heavy atom. The van der Waals surface area contributed by atoms with E-state index >= 15 is 0 Å². The highest BCUT2D eigenvalue weighted by Crippen LogP contribution is 2.47. The number of benzene rings is 1. The predicted octanol–water partition coefficient (Wildman–Crippen LogP) is 3.29. The molecule has 0 aliphatic carbocycles. The molecule has 1 aliphatic heterocycles. The summed E-state index contributed by atoms with van der Waals surface area (Å²) >= 11 is 1.66. The highest BCUT2D eigenvalue weighted by molar-refractivity contribution is 7.12. The Morgan fingerprint density at radius 2 is 2.14 bits per heavy atom. The number of nitrogens with zero attached hydrogens (tertiary/aromatic N) is 1. The summed E-state index contributed by atoms with van der Waals surface area (Å²) in [6.07, 6.45) is 0. The molecule has 0 saturated heterocycles. The third kappa shape index (κ3) is 2.05. The van der Waals surface area contributed by atoms with Gasteiger partial charge in [-0.2, -0.15) is 5.26 Å². The summed E-state index contributed by atoms with van der Waals surface area (Å²) < 4.78 is 5.49. The van der Waals surface area contributed by atoms with Gasteiger partial charge < -0.3 is 15.6 Å². The lowest BCUT2D eigenvalue weighted by molar-refractivity contribution is 0.382. The molecule has 0 saturated carbocycles. The van der Waals surface area contributed by atoms with Crippen molar-refractivity contribution >= 4 is 11.3 Å². The van der Waals surface area contributed by atoms with Crippen molar-refractivity contribution in [2.45, 2.75) is 19.8 Å². The van der Waals surface area contributed by atoms with E-state index in [1.807, 2.05) is 19.9 Å². The number of ether oxygens (including phenoxy) is 1. The van der Waals surface area contributed by atoms with E-state index in [1.54, 1.807) is 29.5 Å². The summed E-state index contributed by atoms with van der Waals surface area (Å²) in [6.45, 7) is 4.03. The standard InChI is InChI=1S/C16H14N2O2S/c1-8-6-10(9(2)21-8)14-11(7-17)16(18)20-13-5-3-4-12(19)15(13)14/h3-6,14,19H,18H2,1-2H3. The predicted molar refractivity (Wildman–Crippen MR) is 81.2 cm³/mol. The molecular weight excluding hydrogens is 284 g/mol. The smallest absolute Gasteiger partial charge is 0.205 e. The van der Waals surface area contributed by atoms with E-state index in [2.05, 4.69) is 6.07 Å². The second-order valence-corrected chi connectivity index (χ2v) is 6.44. The van der Waals surface area contributed by atoms with Crippen LogP contribution in [0, 0.1) is 25.2 Å². The molecular formula is C16H14N2O2S. The average Bonchev–Trinajstić information content (AvgIpc) is 2.76. The van der Waals surface area contributed by atoms with Gasteiger partial charge in [-0.25, -0.2) is 0 Å². The summed E-state index contributed by atoms with van der Waals surface area (Å²) in [5.74, 6) is 0.328. The number of nitrogens with two attached hydrogens (primary N) is 1. The van der Waals surface area contributed by atoms with Gasteiger partial charge in [0.1, 0.15) is 23.1 Å². The molecule has 0 bridgehead atoms. The molecule has 0 spiro atoms. The van der Waals surface area contributed by atoms with E-state index in [9.17, 15) is 10.4 Å². The first-order chi connectivity index (χ1) is 10.0. The zero-order valence-corrected chi connectivity index (χ0v) is 12.5. The Bertz CT molecular complexity index is 799. The van der Waals surface area contributed by atoms with E-state index in [0.29, 0.717) is 16.9 Å². The van der Waals surface area contributed by atoms with Gasteiger partial charge in [0, 0.05) is 15.3 Å². The Balaban J connectivity index is 2.31. The number of hydrogen-bond acceptors (Lipinski definition) is 5. The van der Waals surface area contributed by atoms with Gasteiger partial charge in [-0.3, -0.25) is 0 Å². The lowest BCUT2D eigenvalue weighted by Gasteiger charge is -2.26. The first kappa shape index (κ1) is 13.5. The molecule has 5 heteroatoms. The fraction of sp³-hybridized carbons (Fsp3) is 0.188. The maximum absolute atomic E-state index is 10.2. The topological polar surface area (TPSA) is 79.3 Å².